The maximum atomic E-state index is 11.9. The highest BCUT2D eigenvalue weighted by molar-refractivity contribution is 6.62. The normalized spacial score (nSPS) is 32.5. The minimum Gasteiger partial charge on any atom is -0.669 e. The van der Waals surface area contributed by atoms with Gasteiger partial charge in [-0.3, -0.25) is 10.6 Å². The molecule has 3 aliphatic heterocycles. The summed E-state index contributed by atoms with van der Waals surface area (Å²) < 4.78 is 11.3. The summed E-state index contributed by atoms with van der Waals surface area (Å²) in [5, 5.41) is 33.1. The monoisotopic (exact) mass is 405 g/mol. The van der Waals surface area contributed by atoms with E-state index in [2.05, 4.69) is 16.0 Å². The number of nitrogens with zero attached hydrogens (tertiary/aromatic N) is 1. The number of carbonyl (C=O) groups excluding carboxylic acids is 1. The fourth-order valence-electron chi connectivity index (χ4n) is 4.88. The quantitative estimate of drug-likeness (QED) is 0.354. The van der Waals surface area contributed by atoms with E-state index in [1.165, 1.54) is 0 Å². The zero-order valence-electron chi connectivity index (χ0n) is 15.8. The van der Waals surface area contributed by atoms with E-state index >= 15 is 0 Å². The second-order valence-electron chi connectivity index (χ2n) is 8.56. The van der Waals surface area contributed by atoms with Gasteiger partial charge in [0.25, 0.3) is 0 Å². The number of benzene rings is 1. The van der Waals surface area contributed by atoms with Crippen LogP contribution in [0, 0.1) is 0 Å². The zero-order valence-corrected chi connectivity index (χ0v) is 15.8. The van der Waals surface area contributed by atoms with Gasteiger partial charge in [-0.05, 0) is 24.0 Å². The van der Waals surface area contributed by atoms with Crippen LogP contribution in [0.3, 0.4) is 0 Å². The number of nitrogens with one attached hydrogen (secondary N) is 1. The summed E-state index contributed by atoms with van der Waals surface area (Å²) in [5.74, 6) is -1.61. The number of hydrogen-bond donors (Lipinski definition) is 5. The Kier molecular flexibility index (Phi) is 4.16. The van der Waals surface area contributed by atoms with Crippen molar-refractivity contribution < 1.29 is 39.9 Å². The van der Waals surface area contributed by atoms with Crippen molar-refractivity contribution in [1.29, 1.82) is 0 Å². The van der Waals surface area contributed by atoms with Crippen molar-refractivity contribution in [1.82, 2.24) is 10.2 Å². The number of hydrogen-bond acceptors (Lipinski definition) is 8. The SMILES string of the molecule is [NH3+]C(=O)[C@H]1C[C@@H](N2CC(Oc3ccc4c(c3C(=O)O)O[B-](O)(O)[C@H]3C[C@@H]43)C2)CN1. The van der Waals surface area contributed by atoms with Gasteiger partial charge in [-0.2, -0.15) is 0 Å². The van der Waals surface area contributed by atoms with Crippen LogP contribution in [0.5, 0.6) is 11.5 Å². The summed E-state index contributed by atoms with van der Waals surface area (Å²) in [7, 11) is 0. The Morgan fingerprint density at radius 2 is 2.03 bits per heavy atom. The predicted octanol–water partition coefficient (Wildman–Crippen LogP) is -1.88. The van der Waals surface area contributed by atoms with Crippen molar-refractivity contribution in [3.63, 3.8) is 0 Å². The van der Waals surface area contributed by atoms with Gasteiger partial charge in [0.2, 0.25) is 0 Å². The number of aromatic carboxylic acids is 1. The maximum absolute atomic E-state index is 11.9. The topological polar surface area (TPSA) is 156 Å². The number of amides is 1. The first-order valence-corrected chi connectivity index (χ1v) is 9.93. The van der Waals surface area contributed by atoms with Crippen molar-refractivity contribution in [2.75, 3.05) is 19.6 Å². The van der Waals surface area contributed by atoms with Crippen LogP contribution in [0.15, 0.2) is 12.1 Å². The van der Waals surface area contributed by atoms with E-state index in [1.807, 2.05) is 0 Å². The highest BCUT2D eigenvalue weighted by Crippen LogP contribution is 2.63. The van der Waals surface area contributed by atoms with Crippen LogP contribution in [0.2, 0.25) is 5.82 Å². The average molecular weight is 405 g/mol. The van der Waals surface area contributed by atoms with Crippen LogP contribution in [0.1, 0.15) is 34.7 Å². The maximum Gasteiger partial charge on any atom is 0.434 e. The zero-order chi connectivity index (χ0) is 20.5. The molecule has 7 N–H and O–H groups in total. The van der Waals surface area contributed by atoms with Crippen molar-refractivity contribution in [3.8, 4) is 11.5 Å². The first kappa shape index (κ1) is 18.8. The molecule has 3 fully saturated rings. The Labute approximate surface area is 166 Å². The number of ether oxygens (including phenoxy) is 1. The van der Waals surface area contributed by atoms with E-state index in [-0.39, 0.29) is 52.9 Å². The standard InChI is InChI=1S/C18H23BN3O7/c20-17(23)13-3-8(5-21-13)22-6-9(7-22)28-14-2-1-10-11-4-12(11)19(26,27)29-16(10)15(14)18(24)25/h1-2,8-9,11-13,21,26-27H,3-7H2,(H2,20,23)(H,24,25)/q-1/p+1/t8-,11+,12+,13-/m1/s1. The summed E-state index contributed by atoms with van der Waals surface area (Å²) >= 11 is 0. The van der Waals surface area contributed by atoms with E-state index in [9.17, 15) is 24.7 Å². The van der Waals surface area contributed by atoms with Gasteiger partial charge in [-0.15, -0.1) is 0 Å². The summed E-state index contributed by atoms with van der Waals surface area (Å²) in [6.07, 6.45) is 1.10. The largest absolute Gasteiger partial charge is 0.669 e. The third kappa shape index (κ3) is 3.09. The smallest absolute Gasteiger partial charge is 0.434 e. The molecule has 0 radical (unpaired) electrons. The van der Waals surface area contributed by atoms with Gasteiger partial charge in [0.1, 0.15) is 23.5 Å². The van der Waals surface area contributed by atoms with Gasteiger partial charge in [-0.1, -0.05) is 18.3 Å². The predicted molar refractivity (Wildman–Crippen MR) is 99.4 cm³/mol. The molecule has 5 rings (SSSR count). The molecule has 11 heteroatoms. The molecular weight excluding hydrogens is 381 g/mol. The molecule has 1 saturated carbocycles. The molecule has 1 aliphatic carbocycles. The lowest BCUT2D eigenvalue weighted by Gasteiger charge is -2.43. The summed E-state index contributed by atoms with van der Waals surface area (Å²) in [6.45, 7) is -1.09. The van der Waals surface area contributed by atoms with Crippen molar-refractivity contribution in [2.45, 2.75) is 42.8 Å². The first-order chi connectivity index (χ1) is 13.7. The summed E-state index contributed by atoms with van der Waals surface area (Å²) in [5.41, 5.74) is 3.99. The number of fused-ring (bicyclic) bond motifs is 3. The third-order valence-electron chi connectivity index (χ3n) is 6.63. The van der Waals surface area contributed by atoms with Crippen LogP contribution >= 0.6 is 0 Å². The fourth-order valence-corrected chi connectivity index (χ4v) is 4.88. The Hall–Kier alpha value is -2.18. The van der Waals surface area contributed by atoms with E-state index in [1.54, 1.807) is 12.1 Å². The Bertz CT molecular complexity index is 888. The average Bonchev–Trinajstić information content (AvgIpc) is 3.28. The lowest BCUT2D eigenvalue weighted by Crippen LogP contribution is -2.64. The van der Waals surface area contributed by atoms with Crippen molar-refractivity contribution >= 4 is 18.6 Å². The number of rotatable bonds is 5. The molecule has 0 unspecified atom stereocenters. The van der Waals surface area contributed by atoms with Gasteiger partial charge in [0.15, 0.2) is 0 Å². The molecule has 0 spiro atoms. The van der Waals surface area contributed by atoms with Gasteiger partial charge >= 0.3 is 18.6 Å². The molecular formula is C18H24BN3O7. The van der Waals surface area contributed by atoms with Gasteiger partial charge in [-0.25, -0.2) is 9.59 Å². The molecule has 156 valence electrons. The number of likely N-dealkylation sites (tertiary alicyclic amines) is 1. The number of carbonyl (C=O) groups is 2. The van der Waals surface area contributed by atoms with Gasteiger partial charge < -0.3 is 29.9 Å². The Balaban J connectivity index is 1.30. The Morgan fingerprint density at radius 3 is 2.69 bits per heavy atom. The Morgan fingerprint density at radius 1 is 1.28 bits per heavy atom. The molecule has 4 atom stereocenters. The highest BCUT2D eigenvalue weighted by atomic mass is 16.6. The third-order valence-corrected chi connectivity index (χ3v) is 6.63. The second kappa shape index (κ2) is 6.41. The number of carboxylic acids is 1. The molecule has 0 aromatic heterocycles. The molecule has 10 nitrogen and oxygen atoms in total. The van der Waals surface area contributed by atoms with Crippen LogP contribution in [0.4, 0.5) is 0 Å². The molecule has 4 aliphatic rings. The van der Waals surface area contributed by atoms with E-state index < -0.39 is 12.7 Å². The minimum atomic E-state index is -3.06. The van der Waals surface area contributed by atoms with Crippen molar-refractivity contribution in [3.05, 3.63) is 23.3 Å². The summed E-state index contributed by atoms with van der Waals surface area (Å²) in [4.78, 5) is 25.5. The number of carboxylic acid groups (broad SMARTS) is 1. The molecule has 29 heavy (non-hydrogen) atoms. The van der Waals surface area contributed by atoms with Crippen molar-refractivity contribution in [2.24, 2.45) is 0 Å². The van der Waals surface area contributed by atoms with Crippen LogP contribution in [0.25, 0.3) is 0 Å². The minimum absolute atomic E-state index is 0.00622. The van der Waals surface area contributed by atoms with E-state index in [0.29, 0.717) is 38.0 Å². The van der Waals surface area contributed by atoms with Crippen LogP contribution < -0.4 is 20.4 Å². The molecule has 1 aromatic carbocycles. The molecule has 2 saturated heterocycles. The lowest BCUT2D eigenvalue weighted by molar-refractivity contribution is -0.308. The first-order valence-electron chi connectivity index (χ1n) is 9.93. The number of quaternary nitrogens is 1. The van der Waals surface area contributed by atoms with Gasteiger partial charge in [0.05, 0.1) is 5.75 Å². The van der Waals surface area contributed by atoms with Crippen LogP contribution in [-0.2, 0) is 4.79 Å². The fraction of sp³-hybridized carbons (Fsp3) is 0.556. The lowest BCUT2D eigenvalue weighted by atomic mass is 9.68. The second-order valence-corrected chi connectivity index (χ2v) is 8.56. The van der Waals surface area contributed by atoms with E-state index in [0.717, 1.165) is 0 Å². The molecule has 1 aromatic rings. The van der Waals surface area contributed by atoms with Crippen LogP contribution in [-0.4, -0.2) is 76.5 Å². The molecule has 3 heterocycles. The van der Waals surface area contributed by atoms with Gasteiger partial charge in [0, 0.05) is 25.7 Å². The summed E-state index contributed by atoms with van der Waals surface area (Å²) in [6, 6.07) is 3.42. The highest BCUT2D eigenvalue weighted by Gasteiger charge is 2.55. The molecule has 1 amide bonds. The molecule has 0 bridgehead atoms. The van der Waals surface area contributed by atoms with E-state index in [4.69, 9.17) is 9.39 Å².